The van der Waals surface area contributed by atoms with E-state index in [0.717, 1.165) is 52.2 Å². The number of rotatable bonds is 9. The highest BCUT2D eigenvalue weighted by Gasteiger charge is 2.22. The zero-order valence-corrected chi connectivity index (χ0v) is 16.7. The van der Waals surface area contributed by atoms with Crippen LogP contribution in [0, 0.1) is 0 Å². The fraction of sp³-hybridized carbons (Fsp3) is 0.476. The summed E-state index contributed by atoms with van der Waals surface area (Å²) in [5.74, 6) is 0.229. The summed E-state index contributed by atoms with van der Waals surface area (Å²) in [6.07, 6.45) is 0.947. The number of hydrogen-bond acceptors (Lipinski definition) is 5. The zero-order chi connectivity index (χ0) is 18.9. The van der Waals surface area contributed by atoms with Crippen LogP contribution < -0.4 is 5.73 Å². The minimum atomic E-state index is 0.229. The van der Waals surface area contributed by atoms with Crippen LogP contribution in [0.3, 0.4) is 0 Å². The third-order valence-corrected chi connectivity index (χ3v) is 5.91. The van der Waals surface area contributed by atoms with Crippen molar-refractivity contribution < 1.29 is 4.79 Å². The lowest BCUT2D eigenvalue weighted by Crippen LogP contribution is -2.51. The molecule has 146 valence electrons. The molecular weight excluding hydrogens is 356 g/mol. The quantitative estimate of drug-likeness (QED) is 0.715. The van der Waals surface area contributed by atoms with E-state index >= 15 is 0 Å². The minimum Gasteiger partial charge on any atom is -0.339 e. The number of piperazine rings is 1. The molecule has 1 fully saturated rings. The highest BCUT2D eigenvalue weighted by atomic mass is 32.1. The van der Waals surface area contributed by atoms with Crippen molar-refractivity contribution >= 4 is 17.2 Å². The summed E-state index contributed by atoms with van der Waals surface area (Å²) in [5, 5.41) is 2.12. The Morgan fingerprint density at radius 3 is 2.48 bits per heavy atom. The fourth-order valence-corrected chi connectivity index (χ4v) is 4.20. The average molecular weight is 387 g/mol. The average Bonchev–Trinajstić information content (AvgIpc) is 3.21. The Labute approximate surface area is 166 Å². The number of hydrogen-bond donors (Lipinski definition) is 1. The summed E-state index contributed by atoms with van der Waals surface area (Å²) in [6.45, 7) is 7.21. The summed E-state index contributed by atoms with van der Waals surface area (Å²) < 4.78 is 0. The van der Waals surface area contributed by atoms with Crippen LogP contribution in [0.15, 0.2) is 47.8 Å². The van der Waals surface area contributed by atoms with Gasteiger partial charge in [0.2, 0.25) is 5.91 Å². The number of amides is 1. The summed E-state index contributed by atoms with van der Waals surface area (Å²) in [6, 6.07) is 14.7. The lowest BCUT2D eigenvalue weighted by Gasteiger charge is -2.35. The molecule has 2 N–H and O–H groups in total. The van der Waals surface area contributed by atoms with Crippen LogP contribution in [0.1, 0.15) is 10.4 Å². The Bertz CT molecular complexity index is 669. The second-order valence-electron chi connectivity index (χ2n) is 7.04. The first kappa shape index (κ1) is 20.0. The van der Waals surface area contributed by atoms with Gasteiger partial charge in [-0.3, -0.25) is 14.6 Å². The third-order valence-electron chi connectivity index (χ3n) is 5.05. The van der Waals surface area contributed by atoms with E-state index in [9.17, 15) is 4.79 Å². The van der Waals surface area contributed by atoms with Crippen LogP contribution in [0.2, 0.25) is 0 Å². The largest absolute Gasteiger partial charge is 0.339 e. The van der Waals surface area contributed by atoms with Crippen molar-refractivity contribution in [2.45, 2.75) is 13.0 Å². The van der Waals surface area contributed by atoms with Crippen molar-refractivity contribution in [1.82, 2.24) is 14.7 Å². The number of nitrogens with zero attached hydrogens (tertiary/aromatic N) is 3. The standard InChI is InChI=1S/C21H30N4OS/c22-9-11-23(10-8-19-5-2-1-3-6-19)18-21(26)25-14-12-24(13-15-25)17-20-7-4-16-27-20/h1-7,16H,8-15,17-18,22H2. The Morgan fingerprint density at radius 2 is 1.81 bits per heavy atom. The van der Waals surface area contributed by atoms with Crippen LogP contribution in [-0.2, 0) is 17.8 Å². The highest BCUT2D eigenvalue weighted by Crippen LogP contribution is 2.13. The second-order valence-corrected chi connectivity index (χ2v) is 8.07. The van der Waals surface area contributed by atoms with Gasteiger partial charge in [-0.05, 0) is 23.4 Å². The molecule has 5 nitrogen and oxygen atoms in total. The first-order chi connectivity index (χ1) is 13.2. The zero-order valence-electron chi connectivity index (χ0n) is 15.9. The predicted molar refractivity (Wildman–Crippen MR) is 112 cm³/mol. The van der Waals surface area contributed by atoms with Crippen LogP contribution in [0.5, 0.6) is 0 Å². The molecule has 1 aliphatic heterocycles. The molecule has 3 rings (SSSR count). The maximum absolute atomic E-state index is 12.7. The van der Waals surface area contributed by atoms with Crippen molar-refractivity contribution in [2.24, 2.45) is 5.73 Å². The first-order valence-electron chi connectivity index (χ1n) is 9.73. The summed E-state index contributed by atoms with van der Waals surface area (Å²) in [7, 11) is 0. The number of carbonyl (C=O) groups is 1. The number of nitrogens with two attached hydrogens (primary N) is 1. The van der Waals surface area contributed by atoms with E-state index in [1.165, 1.54) is 10.4 Å². The fourth-order valence-electron chi connectivity index (χ4n) is 3.45. The van der Waals surface area contributed by atoms with Gasteiger partial charge in [0, 0.05) is 57.2 Å². The topological polar surface area (TPSA) is 52.8 Å². The molecule has 1 amide bonds. The molecule has 2 aromatic rings. The van der Waals surface area contributed by atoms with Gasteiger partial charge in [-0.25, -0.2) is 0 Å². The summed E-state index contributed by atoms with van der Waals surface area (Å²) >= 11 is 1.80. The maximum Gasteiger partial charge on any atom is 0.236 e. The van der Waals surface area contributed by atoms with Crippen LogP contribution in [0.25, 0.3) is 0 Å². The Balaban J connectivity index is 1.43. The van der Waals surface area contributed by atoms with Gasteiger partial charge in [0.05, 0.1) is 6.54 Å². The van der Waals surface area contributed by atoms with E-state index in [1.54, 1.807) is 11.3 Å². The van der Waals surface area contributed by atoms with Gasteiger partial charge in [0.15, 0.2) is 0 Å². The molecule has 1 aromatic carbocycles. The molecule has 1 saturated heterocycles. The third kappa shape index (κ3) is 6.43. The van der Waals surface area contributed by atoms with Gasteiger partial charge in [0.25, 0.3) is 0 Å². The molecule has 27 heavy (non-hydrogen) atoms. The molecule has 0 radical (unpaired) electrons. The monoisotopic (exact) mass is 386 g/mol. The van der Waals surface area contributed by atoms with Crippen LogP contribution >= 0.6 is 11.3 Å². The Morgan fingerprint density at radius 1 is 1.04 bits per heavy atom. The molecule has 0 unspecified atom stereocenters. The molecule has 0 atom stereocenters. The predicted octanol–water partition coefficient (Wildman–Crippen LogP) is 1.90. The smallest absolute Gasteiger partial charge is 0.236 e. The van der Waals surface area contributed by atoms with E-state index in [4.69, 9.17) is 5.73 Å². The number of benzene rings is 1. The van der Waals surface area contributed by atoms with E-state index in [-0.39, 0.29) is 5.91 Å². The van der Waals surface area contributed by atoms with E-state index in [0.29, 0.717) is 13.1 Å². The normalized spacial score (nSPS) is 15.4. The number of thiophene rings is 1. The van der Waals surface area contributed by atoms with Crippen molar-refractivity contribution in [3.8, 4) is 0 Å². The molecule has 1 aliphatic rings. The van der Waals surface area contributed by atoms with Gasteiger partial charge in [-0.2, -0.15) is 0 Å². The van der Waals surface area contributed by atoms with Crippen molar-refractivity contribution in [2.75, 3.05) is 52.4 Å². The number of carbonyl (C=O) groups excluding carboxylic acids is 1. The lowest BCUT2D eigenvalue weighted by molar-refractivity contribution is -0.134. The Kier molecular flexibility index (Phi) is 7.83. The highest BCUT2D eigenvalue weighted by molar-refractivity contribution is 7.09. The molecule has 0 bridgehead atoms. The van der Waals surface area contributed by atoms with Crippen molar-refractivity contribution in [1.29, 1.82) is 0 Å². The summed E-state index contributed by atoms with van der Waals surface area (Å²) in [4.78, 5) is 20.8. The van der Waals surface area contributed by atoms with Gasteiger partial charge >= 0.3 is 0 Å². The van der Waals surface area contributed by atoms with Crippen molar-refractivity contribution in [3.63, 3.8) is 0 Å². The molecule has 0 saturated carbocycles. The SMILES string of the molecule is NCCN(CCc1ccccc1)CC(=O)N1CCN(Cc2cccs2)CC1. The van der Waals surface area contributed by atoms with E-state index in [1.807, 2.05) is 11.0 Å². The van der Waals surface area contributed by atoms with Crippen LogP contribution in [-0.4, -0.2) is 73.0 Å². The molecular formula is C21H30N4OS. The van der Waals surface area contributed by atoms with Gasteiger partial charge in [-0.15, -0.1) is 11.3 Å². The van der Waals surface area contributed by atoms with Gasteiger partial charge in [0.1, 0.15) is 0 Å². The molecule has 0 spiro atoms. The van der Waals surface area contributed by atoms with Gasteiger partial charge < -0.3 is 10.6 Å². The minimum absolute atomic E-state index is 0.229. The maximum atomic E-state index is 12.7. The van der Waals surface area contributed by atoms with Gasteiger partial charge in [-0.1, -0.05) is 36.4 Å². The van der Waals surface area contributed by atoms with Crippen LogP contribution in [0.4, 0.5) is 0 Å². The van der Waals surface area contributed by atoms with E-state index < -0.39 is 0 Å². The first-order valence-corrected chi connectivity index (χ1v) is 10.6. The lowest BCUT2D eigenvalue weighted by atomic mass is 10.1. The molecule has 1 aromatic heterocycles. The van der Waals surface area contributed by atoms with Crippen molar-refractivity contribution in [3.05, 3.63) is 58.3 Å². The molecule has 0 aliphatic carbocycles. The van der Waals surface area contributed by atoms with E-state index in [2.05, 4.69) is 51.6 Å². The second kappa shape index (κ2) is 10.6. The Hall–Kier alpha value is -1.73. The molecule has 6 heteroatoms. The molecule has 2 heterocycles. The summed E-state index contributed by atoms with van der Waals surface area (Å²) in [5.41, 5.74) is 7.06.